The van der Waals surface area contributed by atoms with Gasteiger partial charge in [0.15, 0.2) is 0 Å². The number of halogens is 2. The van der Waals surface area contributed by atoms with E-state index >= 15 is 0 Å². The van der Waals surface area contributed by atoms with Gasteiger partial charge < -0.3 is 15.5 Å². The third kappa shape index (κ3) is 7.88. The molecule has 1 unspecified atom stereocenters. The van der Waals surface area contributed by atoms with Crippen molar-refractivity contribution in [1.29, 1.82) is 0 Å². The number of para-hydroxylation sites is 1. The van der Waals surface area contributed by atoms with E-state index in [0.29, 0.717) is 53.2 Å². The summed E-state index contributed by atoms with van der Waals surface area (Å²) >= 11 is 11.9. The molecule has 11 nitrogen and oxygen atoms in total. The van der Waals surface area contributed by atoms with Crippen LogP contribution in [0.3, 0.4) is 0 Å². The van der Waals surface area contributed by atoms with Gasteiger partial charge in [-0.15, -0.1) is 33.5 Å². The molecule has 0 spiro atoms. The highest BCUT2D eigenvalue weighted by molar-refractivity contribution is 8.32. The molecule has 44 heavy (non-hydrogen) atoms. The second-order valence-electron chi connectivity index (χ2n) is 10.6. The summed E-state index contributed by atoms with van der Waals surface area (Å²) in [7, 11) is -5.99. The Hall–Kier alpha value is -3.23. The molecular formula is C29H36Cl2N6O5S2. The Labute approximate surface area is 269 Å². The summed E-state index contributed by atoms with van der Waals surface area (Å²) < 4.78 is 31.7. The number of nitrogens with zero attached hydrogens (tertiary/aromatic N) is 4. The summed E-state index contributed by atoms with van der Waals surface area (Å²) in [6.45, 7) is 4.84. The SMILES string of the molecule is Cc1cccc2c1nc(-n1ccc(NC(=O)C(C)S(C)(C)OS(C)(=O)=O)c1)n2C(=O)Nc1ccc(N(CCCl)CCCl)cc1. The minimum atomic E-state index is -3.74. The molecule has 0 aliphatic carbocycles. The number of fused-ring (bicyclic) bond motifs is 1. The number of aryl methyl sites for hydroxylation is 1. The average molecular weight is 684 g/mol. The van der Waals surface area contributed by atoms with Crippen LogP contribution in [0.1, 0.15) is 12.5 Å². The lowest BCUT2D eigenvalue weighted by Crippen LogP contribution is -2.31. The number of benzene rings is 2. The van der Waals surface area contributed by atoms with Crippen molar-refractivity contribution in [2.75, 3.05) is 59.2 Å². The molecule has 2 N–H and O–H groups in total. The fourth-order valence-corrected chi connectivity index (χ4v) is 8.59. The maximum Gasteiger partial charge on any atom is 0.333 e. The molecule has 2 aromatic heterocycles. The van der Waals surface area contributed by atoms with E-state index in [2.05, 4.69) is 15.5 Å². The molecule has 0 radical (unpaired) electrons. The van der Waals surface area contributed by atoms with Crippen molar-refractivity contribution in [2.24, 2.45) is 0 Å². The van der Waals surface area contributed by atoms with E-state index in [4.69, 9.17) is 31.8 Å². The van der Waals surface area contributed by atoms with Crippen molar-refractivity contribution < 1.29 is 21.6 Å². The molecule has 2 amide bonds. The highest BCUT2D eigenvalue weighted by atomic mass is 35.5. The van der Waals surface area contributed by atoms with Crippen molar-refractivity contribution in [1.82, 2.24) is 14.1 Å². The zero-order valence-electron chi connectivity index (χ0n) is 25.1. The van der Waals surface area contributed by atoms with Crippen LogP contribution in [-0.4, -0.2) is 83.3 Å². The monoisotopic (exact) mass is 682 g/mol. The van der Waals surface area contributed by atoms with Crippen LogP contribution in [0.2, 0.25) is 0 Å². The maximum atomic E-state index is 13.7. The fraction of sp³-hybridized carbons (Fsp3) is 0.345. The molecule has 238 valence electrons. The lowest BCUT2D eigenvalue weighted by Gasteiger charge is -2.34. The Kier molecular flexibility index (Phi) is 10.6. The van der Waals surface area contributed by atoms with Gasteiger partial charge in [0.05, 0.1) is 28.2 Å². The average Bonchev–Trinajstić information content (AvgIpc) is 3.57. The van der Waals surface area contributed by atoms with Crippen molar-refractivity contribution in [3.63, 3.8) is 0 Å². The van der Waals surface area contributed by atoms with Crippen LogP contribution in [0.15, 0.2) is 60.9 Å². The van der Waals surface area contributed by atoms with E-state index in [1.807, 2.05) is 49.4 Å². The van der Waals surface area contributed by atoms with Crippen molar-refractivity contribution in [3.05, 3.63) is 66.5 Å². The molecule has 0 bridgehead atoms. The number of hydrogen-bond donors (Lipinski definition) is 2. The minimum Gasteiger partial charge on any atom is -0.369 e. The second-order valence-corrected chi connectivity index (χ2v) is 16.6. The van der Waals surface area contributed by atoms with Gasteiger partial charge in [0.2, 0.25) is 11.9 Å². The van der Waals surface area contributed by atoms with Gasteiger partial charge >= 0.3 is 6.03 Å². The molecule has 2 aromatic carbocycles. The first-order valence-corrected chi connectivity index (χ1v) is 18.9. The number of imidazole rings is 1. The summed E-state index contributed by atoms with van der Waals surface area (Å²) in [5.41, 5.74) is 4.14. The van der Waals surface area contributed by atoms with Gasteiger partial charge in [-0.2, -0.15) is 8.42 Å². The lowest BCUT2D eigenvalue weighted by molar-refractivity contribution is -0.115. The number of carbonyl (C=O) groups excluding carboxylic acids is 2. The summed E-state index contributed by atoms with van der Waals surface area (Å²) in [6.07, 6.45) is 7.53. The van der Waals surface area contributed by atoms with Gasteiger partial charge in [-0.1, -0.05) is 12.1 Å². The molecule has 0 aliphatic rings. The number of aromatic nitrogens is 3. The third-order valence-electron chi connectivity index (χ3n) is 6.98. The molecule has 2 heterocycles. The second kappa shape index (κ2) is 13.8. The minimum absolute atomic E-state index is 0.318. The van der Waals surface area contributed by atoms with Gasteiger partial charge in [0.25, 0.3) is 10.1 Å². The predicted molar refractivity (Wildman–Crippen MR) is 182 cm³/mol. The lowest BCUT2D eigenvalue weighted by atomic mass is 10.2. The van der Waals surface area contributed by atoms with E-state index in [9.17, 15) is 18.0 Å². The maximum absolute atomic E-state index is 13.7. The largest absolute Gasteiger partial charge is 0.369 e. The van der Waals surface area contributed by atoms with E-state index in [0.717, 1.165) is 17.5 Å². The first-order chi connectivity index (χ1) is 20.7. The van der Waals surface area contributed by atoms with Crippen LogP contribution >= 0.6 is 33.5 Å². The molecule has 0 aliphatic heterocycles. The number of alkyl halides is 2. The topological polar surface area (TPSA) is 128 Å². The fourth-order valence-electron chi connectivity index (χ4n) is 4.58. The molecule has 4 aromatic rings. The highest BCUT2D eigenvalue weighted by Gasteiger charge is 2.31. The number of carbonyl (C=O) groups is 2. The predicted octanol–water partition coefficient (Wildman–Crippen LogP) is 5.78. The van der Waals surface area contributed by atoms with Crippen molar-refractivity contribution >= 4 is 83.7 Å². The Bertz CT molecular complexity index is 1750. The molecule has 15 heteroatoms. The van der Waals surface area contributed by atoms with Gasteiger partial charge in [-0.05, 0) is 68.3 Å². The van der Waals surface area contributed by atoms with Gasteiger partial charge in [0, 0.05) is 48.6 Å². The van der Waals surface area contributed by atoms with Crippen LogP contribution < -0.4 is 15.5 Å². The Balaban J connectivity index is 1.61. The molecular weight excluding hydrogens is 647 g/mol. The van der Waals surface area contributed by atoms with Crippen LogP contribution in [0.4, 0.5) is 21.9 Å². The van der Waals surface area contributed by atoms with E-state index < -0.39 is 37.6 Å². The standard InChI is InChI=1S/C29H36Cl2N6O5S2/c1-20-7-6-8-25-26(20)34-28(36-16-13-23(19-36)32-27(38)21(2)43(3,4)42-44(5,40)41)37(25)29(39)33-22-9-11-24(12-10-22)35(17-14-30)18-15-31/h6-13,16,19,21H,14-15,17-18H2,1-5H3,(H,32,38)(H,33,39). The zero-order valence-corrected chi connectivity index (χ0v) is 28.2. The Morgan fingerprint density at radius 3 is 2.25 bits per heavy atom. The number of amides is 2. The van der Waals surface area contributed by atoms with Crippen LogP contribution in [0.5, 0.6) is 0 Å². The van der Waals surface area contributed by atoms with Crippen LogP contribution in [0, 0.1) is 6.92 Å². The molecule has 4 rings (SSSR count). The summed E-state index contributed by atoms with van der Waals surface area (Å²) in [5.74, 6) is 0.851. The van der Waals surface area contributed by atoms with Crippen molar-refractivity contribution in [3.8, 4) is 5.95 Å². The summed E-state index contributed by atoms with van der Waals surface area (Å²) in [6, 6.07) is 14.3. The van der Waals surface area contributed by atoms with Crippen LogP contribution in [0.25, 0.3) is 17.0 Å². The Morgan fingerprint density at radius 1 is 0.977 bits per heavy atom. The van der Waals surface area contributed by atoms with Crippen molar-refractivity contribution in [2.45, 2.75) is 19.1 Å². The summed E-state index contributed by atoms with van der Waals surface area (Å²) in [5, 5.41) is 5.05. The smallest absolute Gasteiger partial charge is 0.333 e. The Morgan fingerprint density at radius 2 is 1.64 bits per heavy atom. The number of rotatable bonds is 12. The first-order valence-electron chi connectivity index (χ1n) is 13.6. The quantitative estimate of drug-likeness (QED) is 0.181. The zero-order chi connectivity index (χ0) is 32.2. The normalized spacial score (nSPS) is 13.1. The number of anilines is 3. The molecule has 0 fully saturated rings. The van der Waals surface area contributed by atoms with Gasteiger partial charge in [-0.25, -0.2) is 18.0 Å². The molecule has 0 saturated heterocycles. The highest BCUT2D eigenvalue weighted by Crippen LogP contribution is 2.48. The number of nitrogens with one attached hydrogen (secondary N) is 2. The van der Waals surface area contributed by atoms with Gasteiger partial charge in [0.1, 0.15) is 0 Å². The first kappa shape index (κ1) is 33.7. The summed E-state index contributed by atoms with van der Waals surface area (Å²) in [4.78, 5) is 33.6. The van der Waals surface area contributed by atoms with Crippen LogP contribution in [-0.2, 0) is 18.5 Å². The number of hydrogen-bond acceptors (Lipinski definition) is 7. The van der Waals surface area contributed by atoms with E-state index in [-0.39, 0.29) is 0 Å². The van der Waals surface area contributed by atoms with E-state index in [1.165, 1.54) is 4.57 Å². The molecule has 0 saturated carbocycles. The third-order valence-corrected chi connectivity index (χ3v) is 11.6. The van der Waals surface area contributed by atoms with E-state index in [1.54, 1.807) is 42.5 Å². The van der Waals surface area contributed by atoms with Gasteiger partial charge in [-0.3, -0.25) is 9.36 Å². The molecule has 1 atom stereocenters.